The number of carbonyl (C=O) groups excluding carboxylic acids is 1. The highest BCUT2D eigenvalue weighted by atomic mass is 16.1. The normalized spacial score (nSPS) is 10.9. The van der Waals surface area contributed by atoms with Crippen LogP contribution in [0.15, 0.2) is 40.9 Å². The average molecular weight is 184 g/mol. The summed E-state index contributed by atoms with van der Waals surface area (Å²) in [4.78, 5) is 13.7. The van der Waals surface area contributed by atoms with Gasteiger partial charge in [0, 0.05) is 5.56 Å². The molecule has 14 heavy (non-hydrogen) atoms. The van der Waals surface area contributed by atoms with E-state index in [1.165, 1.54) is 6.08 Å². The van der Waals surface area contributed by atoms with Crippen LogP contribution in [0.1, 0.15) is 12.5 Å². The van der Waals surface area contributed by atoms with E-state index >= 15 is 0 Å². The third-order valence-electron chi connectivity index (χ3n) is 1.73. The summed E-state index contributed by atoms with van der Waals surface area (Å²) >= 11 is 0. The molecule has 0 bridgehead atoms. The molecule has 0 fully saturated rings. The molecule has 0 saturated heterocycles. The van der Waals surface area contributed by atoms with Gasteiger partial charge in [-0.2, -0.15) is 10.3 Å². The number of nitriles is 1. The third-order valence-corrected chi connectivity index (χ3v) is 1.73. The van der Waals surface area contributed by atoms with Gasteiger partial charge in [0.1, 0.15) is 0 Å². The zero-order valence-electron chi connectivity index (χ0n) is 7.69. The van der Waals surface area contributed by atoms with E-state index in [9.17, 15) is 4.79 Å². The van der Waals surface area contributed by atoms with Crippen LogP contribution in [0, 0.1) is 11.3 Å². The van der Waals surface area contributed by atoms with Crippen LogP contribution in [0.3, 0.4) is 0 Å². The first-order chi connectivity index (χ1) is 6.79. The van der Waals surface area contributed by atoms with Crippen molar-refractivity contribution in [2.45, 2.75) is 6.92 Å². The molecule has 0 aliphatic rings. The van der Waals surface area contributed by atoms with E-state index < -0.39 is 0 Å². The number of benzene rings is 1. The summed E-state index contributed by atoms with van der Waals surface area (Å²) in [5.74, 6) is 0. The first kappa shape index (κ1) is 9.91. The lowest BCUT2D eigenvalue weighted by Gasteiger charge is -1.99. The molecule has 0 heterocycles. The van der Waals surface area contributed by atoms with Gasteiger partial charge in [-0.3, -0.25) is 0 Å². The van der Waals surface area contributed by atoms with Crippen molar-refractivity contribution in [1.29, 1.82) is 5.26 Å². The number of nitrogens with zero attached hydrogens (tertiary/aromatic N) is 2. The highest BCUT2D eigenvalue weighted by Gasteiger charge is 2.03. The highest BCUT2D eigenvalue weighted by Crippen LogP contribution is 2.18. The molecule has 0 atom stereocenters. The highest BCUT2D eigenvalue weighted by molar-refractivity contribution is 5.73. The summed E-state index contributed by atoms with van der Waals surface area (Å²) in [5, 5.41) is 8.70. The molecule has 0 saturated carbocycles. The Kier molecular flexibility index (Phi) is 3.37. The second-order valence-corrected chi connectivity index (χ2v) is 2.65. The third kappa shape index (κ3) is 2.16. The summed E-state index contributed by atoms with van der Waals surface area (Å²) in [6.07, 6.45) is 1.45. The standard InChI is InChI=1S/C11H8N2O/c1-9(7-12)11(13-8-14)10-5-3-2-4-6-10/h2-6H,1H3/b11-9-. The Morgan fingerprint density at radius 2 is 2.00 bits per heavy atom. The van der Waals surface area contributed by atoms with E-state index in [1.807, 2.05) is 24.3 Å². The van der Waals surface area contributed by atoms with Crippen LogP contribution in [0.2, 0.25) is 0 Å². The van der Waals surface area contributed by atoms with E-state index in [2.05, 4.69) is 4.99 Å². The maximum atomic E-state index is 10.2. The van der Waals surface area contributed by atoms with Gasteiger partial charge in [0.05, 0.1) is 17.3 Å². The lowest BCUT2D eigenvalue weighted by Crippen LogP contribution is -1.84. The quantitative estimate of drug-likeness (QED) is 0.402. The largest absolute Gasteiger partial charge is 0.240 e. The molecular formula is C11H8N2O. The molecule has 0 radical (unpaired) electrons. The summed E-state index contributed by atoms with van der Waals surface area (Å²) in [5.41, 5.74) is 1.53. The molecule has 1 rings (SSSR count). The molecule has 0 aliphatic carbocycles. The van der Waals surface area contributed by atoms with Crippen LogP contribution >= 0.6 is 0 Å². The molecule has 0 unspecified atom stereocenters. The molecule has 3 nitrogen and oxygen atoms in total. The molecule has 68 valence electrons. The lowest BCUT2D eigenvalue weighted by atomic mass is 10.1. The van der Waals surface area contributed by atoms with Gasteiger partial charge < -0.3 is 0 Å². The van der Waals surface area contributed by atoms with Crippen molar-refractivity contribution in [3.8, 4) is 6.07 Å². The second-order valence-electron chi connectivity index (χ2n) is 2.65. The summed E-state index contributed by atoms with van der Waals surface area (Å²) < 4.78 is 0. The van der Waals surface area contributed by atoms with Crippen LogP contribution < -0.4 is 0 Å². The Morgan fingerprint density at radius 1 is 1.36 bits per heavy atom. The number of aliphatic imine (C=N–C) groups is 1. The van der Waals surface area contributed by atoms with E-state index in [1.54, 1.807) is 19.1 Å². The minimum Gasteiger partial charge on any atom is -0.211 e. The van der Waals surface area contributed by atoms with Gasteiger partial charge >= 0.3 is 0 Å². The minimum absolute atomic E-state index is 0.378. The van der Waals surface area contributed by atoms with E-state index in [4.69, 9.17) is 5.26 Å². The zero-order valence-corrected chi connectivity index (χ0v) is 7.69. The van der Waals surface area contributed by atoms with Gasteiger partial charge in [-0.25, -0.2) is 4.79 Å². The fourth-order valence-electron chi connectivity index (χ4n) is 1.06. The van der Waals surface area contributed by atoms with Crippen molar-refractivity contribution in [2.75, 3.05) is 0 Å². The van der Waals surface area contributed by atoms with Gasteiger partial charge in [-0.1, -0.05) is 30.3 Å². The molecule has 0 amide bonds. The number of hydrogen-bond acceptors (Lipinski definition) is 3. The van der Waals surface area contributed by atoms with E-state index in [-0.39, 0.29) is 0 Å². The molecule has 0 aromatic heterocycles. The average Bonchev–Trinajstić information content (AvgIpc) is 2.26. The number of isocyanates is 1. The van der Waals surface area contributed by atoms with Crippen molar-refractivity contribution in [1.82, 2.24) is 0 Å². The molecular weight excluding hydrogens is 176 g/mol. The van der Waals surface area contributed by atoms with Crippen LogP contribution in [-0.4, -0.2) is 6.08 Å². The molecule has 1 aromatic rings. The topological polar surface area (TPSA) is 53.2 Å². The Balaban J connectivity index is 3.29. The SMILES string of the molecule is C/C(C#N)=C(/N=C=O)c1ccccc1. The fourth-order valence-corrected chi connectivity index (χ4v) is 1.06. The van der Waals surface area contributed by atoms with Gasteiger partial charge in [0.15, 0.2) is 0 Å². The second kappa shape index (κ2) is 4.76. The Labute approximate surface area is 82.0 Å². The number of rotatable bonds is 2. The van der Waals surface area contributed by atoms with Crippen LogP contribution in [0.4, 0.5) is 0 Å². The van der Waals surface area contributed by atoms with E-state index in [0.29, 0.717) is 11.3 Å². The monoisotopic (exact) mass is 184 g/mol. The van der Waals surface area contributed by atoms with Crippen LogP contribution in [0.25, 0.3) is 5.70 Å². The predicted molar refractivity (Wildman–Crippen MR) is 52.8 cm³/mol. The molecule has 1 aromatic carbocycles. The smallest absolute Gasteiger partial charge is 0.211 e. The van der Waals surface area contributed by atoms with Crippen molar-refractivity contribution < 1.29 is 4.79 Å². The summed E-state index contributed by atoms with van der Waals surface area (Å²) in [6.45, 7) is 1.61. The van der Waals surface area contributed by atoms with Crippen molar-refractivity contribution in [3.63, 3.8) is 0 Å². The number of hydrogen-bond donors (Lipinski definition) is 0. The molecule has 3 heteroatoms. The van der Waals surface area contributed by atoms with Gasteiger partial charge in [-0.15, -0.1) is 0 Å². The Morgan fingerprint density at radius 3 is 2.50 bits per heavy atom. The molecule has 0 aliphatic heterocycles. The number of allylic oxidation sites excluding steroid dienone is 1. The predicted octanol–water partition coefficient (Wildman–Crippen LogP) is 2.28. The zero-order chi connectivity index (χ0) is 10.4. The van der Waals surface area contributed by atoms with Crippen LogP contribution in [0.5, 0.6) is 0 Å². The first-order valence-electron chi connectivity index (χ1n) is 4.04. The summed E-state index contributed by atoms with van der Waals surface area (Å²) in [7, 11) is 0. The minimum atomic E-state index is 0.378. The Hall–Kier alpha value is -2.17. The van der Waals surface area contributed by atoms with Gasteiger partial charge in [-0.05, 0) is 6.92 Å². The van der Waals surface area contributed by atoms with Crippen molar-refractivity contribution in [2.24, 2.45) is 4.99 Å². The first-order valence-corrected chi connectivity index (χ1v) is 4.04. The Bertz CT molecular complexity index is 434. The lowest BCUT2D eigenvalue weighted by molar-refractivity contribution is 0.565. The molecule has 0 N–H and O–H groups in total. The van der Waals surface area contributed by atoms with Crippen molar-refractivity contribution >= 4 is 11.8 Å². The maximum absolute atomic E-state index is 10.2. The van der Waals surface area contributed by atoms with E-state index in [0.717, 1.165) is 5.56 Å². The van der Waals surface area contributed by atoms with Gasteiger partial charge in [0.2, 0.25) is 6.08 Å². The van der Waals surface area contributed by atoms with Gasteiger partial charge in [0.25, 0.3) is 0 Å². The molecule has 0 spiro atoms. The fraction of sp³-hybridized carbons (Fsp3) is 0.0909. The maximum Gasteiger partial charge on any atom is 0.240 e. The summed E-state index contributed by atoms with van der Waals surface area (Å²) in [6, 6.07) is 11.0. The van der Waals surface area contributed by atoms with Crippen molar-refractivity contribution in [3.05, 3.63) is 41.5 Å². The van der Waals surface area contributed by atoms with Crippen LogP contribution in [-0.2, 0) is 4.79 Å².